The van der Waals surface area contributed by atoms with Crippen LogP contribution in [0.5, 0.6) is 5.75 Å². The minimum Gasteiger partial charge on any atom is -0.452 e. The van der Waals surface area contributed by atoms with E-state index in [0.717, 1.165) is 5.56 Å². The molecule has 0 aliphatic heterocycles. The molecule has 3 atom stereocenters. The number of halogens is 1. The molecule has 13 heavy (non-hydrogen) atoms. The van der Waals surface area contributed by atoms with Crippen molar-refractivity contribution in [2.24, 2.45) is 0 Å². The monoisotopic (exact) mass is 218 g/mol. The number of alkyl halides is 1. The Kier molecular flexibility index (Phi) is 3.64. The minimum atomic E-state index is -1.62. The van der Waals surface area contributed by atoms with Crippen molar-refractivity contribution in [3.63, 3.8) is 0 Å². The maximum absolute atomic E-state index is 13.4. The van der Waals surface area contributed by atoms with Gasteiger partial charge in [-0.15, -0.1) is 0 Å². The Morgan fingerprint density at radius 2 is 1.92 bits per heavy atom. The molecular weight excluding hydrogens is 205 g/mol. The lowest BCUT2D eigenvalue weighted by Gasteiger charge is -2.20. The molecule has 0 fully saturated rings. The Morgan fingerprint density at radius 3 is 2.38 bits per heavy atom. The van der Waals surface area contributed by atoms with Crippen molar-refractivity contribution in [1.82, 2.24) is 0 Å². The van der Waals surface area contributed by atoms with Crippen LogP contribution in [0.3, 0.4) is 0 Å². The molecule has 0 aliphatic rings. The fourth-order valence-corrected chi connectivity index (χ4v) is 1.18. The summed E-state index contributed by atoms with van der Waals surface area (Å²) >= 11 is 0. The summed E-state index contributed by atoms with van der Waals surface area (Å²) in [5, 5.41) is -1.62. The molecule has 1 aromatic carbocycles. The summed E-state index contributed by atoms with van der Waals surface area (Å²) in [6.07, 6.45) is 0. The minimum absolute atomic E-state index is 0.0813. The van der Waals surface area contributed by atoms with Gasteiger partial charge in [0.25, 0.3) is 5.34 Å². The zero-order chi connectivity index (χ0) is 9.90. The van der Waals surface area contributed by atoms with Gasteiger partial charge in [0.1, 0.15) is 5.75 Å². The predicted molar refractivity (Wildman–Crippen MR) is 59.6 cm³/mol. The first-order valence-electron chi connectivity index (χ1n) is 3.96. The molecule has 0 saturated heterocycles. The van der Waals surface area contributed by atoms with Gasteiger partial charge in [0, 0.05) is 0 Å². The molecule has 0 N–H and O–H groups in total. The number of benzene rings is 1. The van der Waals surface area contributed by atoms with Crippen LogP contribution in [-0.4, -0.2) is 12.0 Å². The van der Waals surface area contributed by atoms with Crippen LogP contribution in [0.15, 0.2) is 24.3 Å². The van der Waals surface area contributed by atoms with Crippen molar-refractivity contribution < 1.29 is 9.13 Å². The summed E-state index contributed by atoms with van der Waals surface area (Å²) in [7, 11) is 2.16. The van der Waals surface area contributed by atoms with Gasteiger partial charge in [0.2, 0.25) is 0 Å². The van der Waals surface area contributed by atoms with E-state index in [0.29, 0.717) is 5.75 Å². The second kappa shape index (κ2) is 4.35. The molecule has 3 unspecified atom stereocenters. The Balaban J connectivity index is 2.69. The van der Waals surface area contributed by atoms with Crippen molar-refractivity contribution in [2.75, 3.05) is 6.66 Å². The molecule has 0 aromatic heterocycles. The first-order chi connectivity index (χ1) is 6.03. The molecule has 1 rings (SSSR count). The average molecular weight is 218 g/mol. The van der Waals surface area contributed by atoms with E-state index in [4.69, 9.17) is 4.74 Å². The van der Waals surface area contributed by atoms with Crippen LogP contribution >= 0.6 is 17.8 Å². The third kappa shape index (κ3) is 3.58. The third-order valence-corrected chi connectivity index (χ3v) is 3.40. The zero-order valence-corrected chi connectivity index (χ0v) is 9.83. The summed E-state index contributed by atoms with van der Waals surface area (Å²) in [6, 6.07) is 7.34. The largest absolute Gasteiger partial charge is 0.452 e. The summed E-state index contributed by atoms with van der Waals surface area (Å²) in [5.74, 6) is 0.567. The summed E-state index contributed by atoms with van der Waals surface area (Å²) in [4.78, 5) is 0. The Morgan fingerprint density at radius 1 is 1.38 bits per heavy atom. The second-order valence-electron chi connectivity index (χ2n) is 2.81. The van der Waals surface area contributed by atoms with Crippen molar-refractivity contribution in [3.8, 4) is 5.75 Å². The van der Waals surface area contributed by atoms with E-state index in [1.165, 1.54) is 0 Å². The Bertz CT molecular complexity index is 271. The van der Waals surface area contributed by atoms with Crippen molar-refractivity contribution in [3.05, 3.63) is 29.8 Å². The van der Waals surface area contributed by atoms with Gasteiger partial charge in [-0.3, -0.25) is 0 Å². The molecule has 0 aliphatic carbocycles. The van der Waals surface area contributed by atoms with Crippen molar-refractivity contribution >= 4 is 17.8 Å². The quantitative estimate of drug-likeness (QED) is 0.708. The van der Waals surface area contributed by atoms with Crippen molar-refractivity contribution in [1.29, 1.82) is 0 Å². The van der Waals surface area contributed by atoms with E-state index in [1.807, 2.05) is 19.1 Å². The lowest BCUT2D eigenvalue weighted by Crippen LogP contribution is -2.15. The summed E-state index contributed by atoms with van der Waals surface area (Å²) in [5.41, 5.74) is 1.14. The number of hydrogen-bond donors (Lipinski definition) is 0. The molecule has 0 heterocycles. The van der Waals surface area contributed by atoms with Crippen molar-refractivity contribution in [2.45, 2.75) is 12.3 Å². The van der Waals surface area contributed by atoms with Crippen LogP contribution in [0.2, 0.25) is 0 Å². The SMILES string of the molecule is CPC(F)(P)Oc1ccc(C)cc1. The molecule has 1 aromatic rings. The van der Waals surface area contributed by atoms with Crippen LogP contribution in [0.4, 0.5) is 4.39 Å². The third-order valence-electron chi connectivity index (χ3n) is 1.63. The molecule has 0 amide bonds. The van der Waals surface area contributed by atoms with Gasteiger partial charge in [-0.05, 0) is 43.5 Å². The van der Waals surface area contributed by atoms with E-state index in [9.17, 15) is 4.39 Å². The Hall–Kier alpha value is -0.190. The van der Waals surface area contributed by atoms with E-state index in [2.05, 4.69) is 9.24 Å². The van der Waals surface area contributed by atoms with E-state index in [-0.39, 0.29) is 8.58 Å². The summed E-state index contributed by atoms with van der Waals surface area (Å²) in [6.45, 7) is 3.75. The summed E-state index contributed by atoms with van der Waals surface area (Å²) < 4.78 is 18.5. The topological polar surface area (TPSA) is 9.23 Å². The van der Waals surface area contributed by atoms with Gasteiger partial charge in [0.05, 0.1) is 0 Å². The standard InChI is InChI=1S/C9H13FOP2/c1-7-3-5-8(6-4-7)11-9(10,12)13-2/h3-6,13H,12H2,1-2H3. The maximum Gasteiger partial charge on any atom is 0.273 e. The molecule has 0 bridgehead atoms. The van der Waals surface area contributed by atoms with E-state index < -0.39 is 5.34 Å². The van der Waals surface area contributed by atoms with Gasteiger partial charge in [-0.25, -0.2) is 0 Å². The molecule has 4 heteroatoms. The normalized spacial score (nSPS) is 16.0. The molecule has 1 nitrogen and oxygen atoms in total. The van der Waals surface area contributed by atoms with E-state index >= 15 is 0 Å². The molecule has 0 radical (unpaired) electrons. The average Bonchev–Trinajstić information content (AvgIpc) is 2.09. The van der Waals surface area contributed by atoms with Crippen LogP contribution in [-0.2, 0) is 0 Å². The first-order valence-corrected chi connectivity index (χ1v) is 6.03. The highest BCUT2D eigenvalue weighted by Crippen LogP contribution is 2.39. The van der Waals surface area contributed by atoms with Gasteiger partial charge in [-0.2, -0.15) is 4.39 Å². The lowest BCUT2D eigenvalue weighted by atomic mass is 10.2. The van der Waals surface area contributed by atoms with Gasteiger partial charge >= 0.3 is 0 Å². The molecule has 72 valence electrons. The highest BCUT2D eigenvalue weighted by Gasteiger charge is 2.21. The smallest absolute Gasteiger partial charge is 0.273 e. The fourth-order valence-electron chi connectivity index (χ4n) is 0.829. The van der Waals surface area contributed by atoms with Gasteiger partial charge in [0.15, 0.2) is 0 Å². The molecule has 0 spiro atoms. The second-order valence-corrected chi connectivity index (χ2v) is 5.31. The number of hydrogen-bond acceptors (Lipinski definition) is 1. The fraction of sp³-hybridized carbons (Fsp3) is 0.333. The van der Waals surface area contributed by atoms with Crippen LogP contribution in [0.25, 0.3) is 0 Å². The van der Waals surface area contributed by atoms with E-state index in [1.54, 1.807) is 18.8 Å². The first kappa shape index (κ1) is 10.9. The highest BCUT2D eigenvalue weighted by atomic mass is 31.1. The molecular formula is C9H13FOP2. The zero-order valence-electron chi connectivity index (χ0n) is 7.67. The van der Waals surface area contributed by atoms with Crippen LogP contribution < -0.4 is 4.74 Å². The number of rotatable bonds is 3. The van der Waals surface area contributed by atoms with Gasteiger partial charge < -0.3 is 4.74 Å². The predicted octanol–water partition coefficient (Wildman–Crippen LogP) is 3.14. The van der Waals surface area contributed by atoms with Crippen LogP contribution in [0, 0.1) is 6.92 Å². The Labute approximate surface area is 82.0 Å². The number of ether oxygens (including phenoxy) is 1. The molecule has 0 saturated carbocycles. The number of aryl methyl sites for hydroxylation is 1. The van der Waals surface area contributed by atoms with Crippen LogP contribution in [0.1, 0.15) is 5.56 Å². The van der Waals surface area contributed by atoms with Gasteiger partial charge in [-0.1, -0.05) is 17.7 Å². The lowest BCUT2D eigenvalue weighted by molar-refractivity contribution is 0.115. The maximum atomic E-state index is 13.4. The highest BCUT2D eigenvalue weighted by molar-refractivity contribution is 7.50.